The molecule has 0 saturated heterocycles. The number of furan rings is 1. The van der Waals surface area contributed by atoms with Crippen LogP contribution in [0.3, 0.4) is 0 Å². The average molecular weight is 650 g/mol. The van der Waals surface area contributed by atoms with E-state index in [0.29, 0.717) is 27.2 Å². The highest BCUT2D eigenvalue weighted by Crippen LogP contribution is 2.41. The number of hydrogen-bond donors (Lipinski definition) is 0. The molecular weight excluding hydrogens is 632 g/mol. The van der Waals surface area contributed by atoms with Crippen LogP contribution in [0.5, 0.6) is 0 Å². The predicted octanol–water partition coefficient (Wildman–Crippen LogP) is 1.33. The van der Waals surface area contributed by atoms with E-state index in [2.05, 4.69) is 42.5 Å². The number of benzene rings is 8. The van der Waals surface area contributed by atoms with E-state index in [1.165, 1.54) is 0 Å². The quantitative estimate of drug-likeness (QED) is 0.212. The molecule has 0 atom stereocenters. The van der Waals surface area contributed by atoms with Gasteiger partial charge in [0.1, 0.15) is 81.8 Å². The van der Waals surface area contributed by atoms with Crippen molar-refractivity contribution in [1.82, 2.24) is 0 Å². The molecule has 0 aliphatic heterocycles. The molecular formula is C42H18B9NO. The first-order valence-electron chi connectivity index (χ1n) is 16.9. The molecule has 0 bridgehead atoms. The molecule has 11 heteroatoms. The first-order chi connectivity index (χ1) is 25.5. The second-order valence-corrected chi connectivity index (χ2v) is 13.3. The Balaban J connectivity index is 1.35. The van der Waals surface area contributed by atoms with Gasteiger partial charge in [-0.15, -0.1) is 21.9 Å². The summed E-state index contributed by atoms with van der Waals surface area (Å²) in [7, 11) is 60.1. The van der Waals surface area contributed by atoms with E-state index in [0.717, 1.165) is 55.2 Å². The fourth-order valence-corrected chi connectivity index (χ4v) is 7.62. The van der Waals surface area contributed by atoms with Crippen LogP contribution in [0.25, 0.3) is 65.4 Å². The first kappa shape index (κ1) is 33.6. The predicted molar refractivity (Wildman–Crippen MR) is 235 cm³/mol. The van der Waals surface area contributed by atoms with E-state index in [1.54, 1.807) is 0 Å². The molecule has 53 heavy (non-hydrogen) atoms. The van der Waals surface area contributed by atoms with Gasteiger partial charge in [-0.1, -0.05) is 94.0 Å². The molecule has 1 heterocycles. The van der Waals surface area contributed by atoms with Crippen molar-refractivity contribution < 1.29 is 4.42 Å². The highest BCUT2D eigenvalue weighted by atomic mass is 16.3. The van der Waals surface area contributed by atoms with Crippen LogP contribution in [0.1, 0.15) is 0 Å². The smallest absolute Gasteiger partial charge is 0.135 e. The summed E-state index contributed by atoms with van der Waals surface area (Å²) in [6.45, 7) is 0. The van der Waals surface area contributed by atoms with Crippen LogP contribution in [0.2, 0.25) is 0 Å². The van der Waals surface area contributed by atoms with Crippen molar-refractivity contribution in [2.75, 3.05) is 4.90 Å². The molecule has 0 spiro atoms. The van der Waals surface area contributed by atoms with Crippen molar-refractivity contribution in [3.8, 4) is 11.1 Å². The summed E-state index contributed by atoms with van der Waals surface area (Å²) in [5.74, 6) is 0. The Morgan fingerprint density at radius 1 is 0.358 bits per heavy atom. The minimum absolute atomic E-state index is 0.0976. The zero-order valence-corrected chi connectivity index (χ0v) is 28.4. The molecule has 0 saturated carbocycles. The zero-order valence-electron chi connectivity index (χ0n) is 28.4. The summed E-state index contributed by atoms with van der Waals surface area (Å²) in [6, 6.07) is 36.6. The van der Waals surface area contributed by atoms with Gasteiger partial charge in [0.15, 0.2) is 0 Å². The number of para-hydroxylation sites is 1. The molecule has 0 unspecified atom stereocenters. The van der Waals surface area contributed by atoms with E-state index in [9.17, 15) is 0 Å². The Bertz CT molecular complexity index is 3010. The second kappa shape index (κ2) is 12.4. The van der Waals surface area contributed by atoms with Crippen LogP contribution < -0.4 is 54.1 Å². The monoisotopic (exact) mass is 651 g/mol. The summed E-state index contributed by atoms with van der Waals surface area (Å²) < 4.78 is 6.08. The summed E-state index contributed by atoms with van der Waals surface area (Å²) >= 11 is 0. The maximum absolute atomic E-state index is 7.23. The molecule has 0 amide bonds. The Hall–Kier alpha value is -5.28. The molecule has 224 valence electrons. The van der Waals surface area contributed by atoms with Gasteiger partial charge < -0.3 is 9.32 Å². The van der Waals surface area contributed by atoms with E-state index in [4.69, 9.17) is 75.0 Å². The van der Waals surface area contributed by atoms with E-state index < -0.39 is 0 Å². The summed E-state index contributed by atoms with van der Waals surface area (Å²) in [4.78, 5) is 2.01. The second-order valence-electron chi connectivity index (χ2n) is 13.3. The maximum atomic E-state index is 7.23. The van der Waals surface area contributed by atoms with Crippen molar-refractivity contribution >= 4 is 191 Å². The first-order valence-corrected chi connectivity index (χ1v) is 16.9. The lowest BCUT2D eigenvalue weighted by atomic mass is 9.59. The Kier molecular flexibility index (Phi) is 7.86. The molecule has 1 aromatic heterocycles. The topological polar surface area (TPSA) is 16.4 Å². The van der Waals surface area contributed by atoms with Gasteiger partial charge in [-0.3, -0.25) is 0 Å². The minimum atomic E-state index is 0.0976. The van der Waals surface area contributed by atoms with Crippen LogP contribution in [0, 0.1) is 0 Å². The highest BCUT2D eigenvalue weighted by Gasteiger charge is 2.26. The number of rotatable bonds is 4. The van der Waals surface area contributed by atoms with Gasteiger partial charge in [0, 0.05) is 27.8 Å². The third-order valence-corrected chi connectivity index (χ3v) is 10.4. The molecule has 0 aliphatic carbocycles. The van der Waals surface area contributed by atoms with E-state index in [-0.39, 0.29) is 49.2 Å². The molecule has 2 nitrogen and oxygen atoms in total. The normalized spacial score (nSPS) is 11.7. The molecule has 0 N–H and O–H groups in total. The largest absolute Gasteiger partial charge is 0.456 e. The van der Waals surface area contributed by atoms with Gasteiger partial charge in [0.2, 0.25) is 0 Å². The van der Waals surface area contributed by atoms with E-state index >= 15 is 0 Å². The van der Waals surface area contributed by atoms with Crippen LogP contribution in [0.4, 0.5) is 17.1 Å². The van der Waals surface area contributed by atoms with Crippen LogP contribution in [-0.4, -0.2) is 70.6 Å². The summed E-state index contributed by atoms with van der Waals surface area (Å²) in [6.07, 6.45) is 0. The van der Waals surface area contributed by atoms with Crippen LogP contribution >= 0.6 is 0 Å². The van der Waals surface area contributed by atoms with Gasteiger partial charge in [-0.2, -0.15) is 0 Å². The van der Waals surface area contributed by atoms with Crippen LogP contribution in [0.15, 0.2) is 114 Å². The SMILES string of the molecule is [B]c1c([B])c([B])c2c(c1[B])c([B])c(N(c1ccc(-c3ccc4oc5ccccc5c4c3)cc1)c1ccc3ccccc3c1)c1c([B])c([B])c([B])c([B])c12. The van der Waals surface area contributed by atoms with Gasteiger partial charge in [-0.25, -0.2) is 0 Å². The number of anilines is 3. The van der Waals surface area contributed by atoms with E-state index in [1.807, 2.05) is 71.6 Å². The standard InChI is InChI=1S/C42H18B9NO/c43-33-29-30-32(36(46)41(51)39(49)34(30)44)42(37(47)31(29)35(45)40(50)38(33)48)52(24-15-11-19-5-1-2-6-21(19)17-24)23-13-9-20(10-14-23)22-12-16-28-26(18-22)25-7-3-4-8-27(25)53-28/h1-18H. The number of fused-ring (bicyclic) bond motifs is 7. The summed E-state index contributed by atoms with van der Waals surface area (Å²) in [5, 5.41) is 5.76. The molecule has 0 fully saturated rings. The van der Waals surface area contributed by atoms with Gasteiger partial charge in [0.05, 0.1) is 0 Å². The minimum Gasteiger partial charge on any atom is -0.456 e. The zero-order chi connectivity index (χ0) is 36.9. The van der Waals surface area contributed by atoms with Crippen molar-refractivity contribution in [2.45, 2.75) is 0 Å². The fraction of sp³-hybridized carbons (Fsp3) is 0. The van der Waals surface area contributed by atoms with Crippen molar-refractivity contribution in [1.29, 1.82) is 0 Å². The highest BCUT2D eigenvalue weighted by molar-refractivity contribution is 6.73. The molecule has 8 aromatic carbocycles. The van der Waals surface area contributed by atoms with Crippen molar-refractivity contribution in [3.05, 3.63) is 109 Å². The van der Waals surface area contributed by atoms with Gasteiger partial charge in [-0.05, 0) is 85.9 Å². The maximum Gasteiger partial charge on any atom is 0.135 e. The summed E-state index contributed by atoms with van der Waals surface area (Å²) in [5.41, 5.74) is 6.98. The fourth-order valence-electron chi connectivity index (χ4n) is 7.62. The lowest BCUT2D eigenvalue weighted by Crippen LogP contribution is -2.52. The van der Waals surface area contributed by atoms with Crippen molar-refractivity contribution in [2.24, 2.45) is 0 Å². The Labute approximate surface area is 319 Å². The molecule has 18 radical (unpaired) electrons. The molecule has 0 aliphatic rings. The van der Waals surface area contributed by atoms with Gasteiger partial charge >= 0.3 is 0 Å². The van der Waals surface area contributed by atoms with Crippen molar-refractivity contribution in [3.63, 3.8) is 0 Å². The van der Waals surface area contributed by atoms with Gasteiger partial charge in [0.25, 0.3) is 0 Å². The Morgan fingerprint density at radius 3 is 1.58 bits per heavy atom. The molecule has 9 rings (SSSR count). The Morgan fingerprint density at radius 2 is 0.887 bits per heavy atom. The lowest BCUT2D eigenvalue weighted by Gasteiger charge is -2.34. The average Bonchev–Trinajstić information content (AvgIpc) is 3.56. The third-order valence-electron chi connectivity index (χ3n) is 10.4. The number of hydrogen-bond acceptors (Lipinski definition) is 2. The third kappa shape index (κ3) is 5.00. The van der Waals surface area contributed by atoms with Crippen LogP contribution in [-0.2, 0) is 0 Å². The molecule has 9 aromatic rings. The lowest BCUT2D eigenvalue weighted by molar-refractivity contribution is 0.669. The number of nitrogens with zero attached hydrogens (tertiary/aromatic N) is 1.